The van der Waals surface area contributed by atoms with Crippen molar-refractivity contribution >= 4 is 16.9 Å². The lowest BCUT2D eigenvalue weighted by Crippen LogP contribution is -2.31. The number of anilines is 1. The Hall–Kier alpha value is -1.85. The molecule has 0 amide bonds. The van der Waals surface area contributed by atoms with E-state index in [0.717, 1.165) is 24.8 Å². The Morgan fingerprint density at radius 1 is 1.29 bits per heavy atom. The van der Waals surface area contributed by atoms with Crippen molar-refractivity contribution in [2.45, 2.75) is 75.6 Å². The molecule has 3 fully saturated rings. The van der Waals surface area contributed by atoms with Crippen LogP contribution >= 0.6 is 0 Å². The van der Waals surface area contributed by atoms with Crippen molar-refractivity contribution in [1.82, 2.24) is 19.7 Å². The maximum atomic E-state index is 10.1. The zero-order chi connectivity index (χ0) is 19.5. The standard InChI is InChI=1S/C18H25N5O5/c1-18(2)27-14-12(7-24)26-17(15(14)28-18)23-8-19-13-10(23)6-20-22-16(13)21-9-4-3-5-11(9)25/h6,8-9,11-12,14-15,17,24-25H,3-5,7H2,1-2H3,(H,21,22)/t9-,11-,12?,14+,15+,17?/m0/s1. The number of ether oxygens (including phenoxy) is 3. The van der Waals surface area contributed by atoms with Gasteiger partial charge in [-0.1, -0.05) is 0 Å². The Labute approximate surface area is 161 Å². The molecule has 1 saturated carbocycles. The van der Waals surface area contributed by atoms with Crippen LogP contribution in [0.25, 0.3) is 11.0 Å². The highest BCUT2D eigenvalue weighted by Crippen LogP contribution is 2.43. The van der Waals surface area contributed by atoms with Gasteiger partial charge in [0.1, 0.15) is 23.8 Å². The van der Waals surface area contributed by atoms with Gasteiger partial charge in [0, 0.05) is 0 Å². The fourth-order valence-corrected chi connectivity index (χ4v) is 4.48. The van der Waals surface area contributed by atoms with E-state index in [1.54, 1.807) is 12.5 Å². The van der Waals surface area contributed by atoms with Crippen LogP contribution in [0.2, 0.25) is 0 Å². The van der Waals surface area contributed by atoms with Crippen LogP contribution in [0.5, 0.6) is 0 Å². The van der Waals surface area contributed by atoms with Gasteiger partial charge >= 0.3 is 0 Å². The van der Waals surface area contributed by atoms with E-state index in [4.69, 9.17) is 14.2 Å². The van der Waals surface area contributed by atoms with Crippen LogP contribution in [-0.4, -0.2) is 72.8 Å². The minimum atomic E-state index is -0.744. The van der Waals surface area contributed by atoms with Crippen molar-refractivity contribution in [2.24, 2.45) is 0 Å². The number of fused-ring (bicyclic) bond motifs is 2. The summed E-state index contributed by atoms with van der Waals surface area (Å²) in [5, 5.41) is 31.4. The summed E-state index contributed by atoms with van der Waals surface area (Å²) >= 11 is 0. The van der Waals surface area contributed by atoms with Crippen molar-refractivity contribution in [1.29, 1.82) is 0 Å². The lowest BCUT2D eigenvalue weighted by atomic mass is 10.1. The quantitative estimate of drug-likeness (QED) is 0.686. The average molecular weight is 391 g/mol. The molecular weight excluding hydrogens is 366 g/mol. The third kappa shape index (κ3) is 2.87. The van der Waals surface area contributed by atoms with E-state index in [0.29, 0.717) is 11.3 Å². The van der Waals surface area contributed by atoms with E-state index in [9.17, 15) is 10.2 Å². The SMILES string of the molecule is CC1(C)O[C@@H]2C(CO)OC(n3cnc4c(N[C@H]5CCC[C@@H]5O)nncc43)[C@@H]2O1. The summed E-state index contributed by atoms with van der Waals surface area (Å²) in [6, 6.07) is -0.0525. The summed E-state index contributed by atoms with van der Waals surface area (Å²) in [6.07, 6.45) is 3.84. The molecule has 3 aliphatic rings. The molecule has 4 heterocycles. The fourth-order valence-electron chi connectivity index (χ4n) is 4.48. The van der Waals surface area contributed by atoms with Crippen molar-refractivity contribution in [3.8, 4) is 0 Å². The number of nitrogens with zero attached hydrogens (tertiary/aromatic N) is 4. The second-order valence-corrected chi connectivity index (χ2v) is 8.14. The third-order valence-corrected chi connectivity index (χ3v) is 5.78. The molecule has 2 aliphatic heterocycles. The van der Waals surface area contributed by atoms with Crippen molar-refractivity contribution in [3.63, 3.8) is 0 Å². The summed E-state index contributed by atoms with van der Waals surface area (Å²) in [6.45, 7) is 3.54. The molecule has 10 heteroatoms. The number of hydrogen-bond acceptors (Lipinski definition) is 9. The molecule has 1 aliphatic carbocycles. The first-order valence-corrected chi connectivity index (χ1v) is 9.71. The first kappa shape index (κ1) is 18.2. The van der Waals surface area contributed by atoms with E-state index < -0.39 is 24.2 Å². The van der Waals surface area contributed by atoms with E-state index in [1.807, 2.05) is 18.4 Å². The van der Waals surface area contributed by atoms with Crippen molar-refractivity contribution < 1.29 is 24.4 Å². The third-order valence-electron chi connectivity index (χ3n) is 5.78. The van der Waals surface area contributed by atoms with Gasteiger partial charge in [0.05, 0.1) is 36.8 Å². The number of aliphatic hydroxyl groups is 2. The summed E-state index contributed by atoms with van der Waals surface area (Å²) in [4.78, 5) is 4.51. The number of nitrogens with one attached hydrogen (secondary N) is 1. The number of aliphatic hydroxyl groups excluding tert-OH is 2. The minimum absolute atomic E-state index is 0.0525. The van der Waals surface area contributed by atoms with E-state index in [-0.39, 0.29) is 24.9 Å². The molecule has 2 aromatic rings. The van der Waals surface area contributed by atoms with E-state index >= 15 is 0 Å². The second kappa shape index (κ2) is 6.60. The van der Waals surface area contributed by atoms with Gasteiger partial charge in [-0.2, -0.15) is 5.10 Å². The number of rotatable bonds is 4. The summed E-state index contributed by atoms with van der Waals surface area (Å²) in [7, 11) is 0. The Balaban J connectivity index is 1.48. The highest BCUT2D eigenvalue weighted by atomic mass is 16.8. The molecular formula is C18H25N5O5. The molecule has 28 heavy (non-hydrogen) atoms. The predicted octanol–water partition coefficient (Wildman–Crippen LogP) is 0.561. The molecule has 2 aromatic heterocycles. The molecule has 0 spiro atoms. The summed E-state index contributed by atoms with van der Waals surface area (Å²) in [5.74, 6) is -0.203. The molecule has 2 saturated heterocycles. The number of aromatic nitrogens is 4. The second-order valence-electron chi connectivity index (χ2n) is 8.14. The molecule has 0 radical (unpaired) electrons. The maximum Gasteiger partial charge on any atom is 0.177 e. The van der Waals surface area contributed by atoms with Crippen molar-refractivity contribution in [2.75, 3.05) is 11.9 Å². The van der Waals surface area contributed by atoms with Crippen LogP contribution in [-0.2, 0) is 14.2 Å². The lowest BCUT2D eigenvalue weighted by Gasteiger charge is -2.24. The smallest absolute Gasteiger partial charge is 0.177 e. The highest BCUT2D eigenvalue weighted by molar-refractivity contribution is 5.85. The van der Waals surface area contributed by atoms with Gasteiger partial charge in [0.2, 0.25) is 0 Å². The van der Waals surface area contributed by atoms with Crippen LogP contribution in [0.1, 0.15) is 39.3 Å². The average Bonchev–Trinajstić information content (AvgIpc) is 3.39. The van der Waals surface area contributed by atoms with Crippen LogP contribution in [0.4, 0.5) is 5.82 Å². The zero-order valence-electron chi connectivity index (χ0n) is 15.9. The highest BCUT2D eigenvalue weighted by Gasteiger charge is 2.55. The van der Waals surface area contributed by atoms with Gasteiger partial charge in [0.15, 0.2) is 17.8 Å². The first-order chi connectivity index (χ1) is 13.5. The van der Waals surface area contributed by atoms with Crippen molar-refractivity contribution in [3.05, 3.63) is 12.5 Å². The van der Waals surface area contributed by atoms with Gasteiger partial charge in [-0.15, -0.1) is 5.10 Å². The van der Waals surface area contributed by atoms with Crippen LogP contribution in [0.3, 0.4) is 0 Å². The lowest BCUT2D eigenvalue weighted by molar-refractivity contribution is -0.199. The Bertz CT molecular complexity index is 873. The minimum Gasteiger partial charge on any atom is -0.394 e. The summed E-state index contributed by atoms with van der Waals surface area (Å²) < 4.78 is 19.9. The predicted molar refractivity (Wildman–Crippen MR) is 97.4 cm³/mol. The molecule has 3 N–H and O–H groups in total. The first-order valence-electron chi connectivity index (χ1n) is 9.71. The molecule has 152 valence electrons. The molecule has 6 atom stereocenters. The topological polar surface area (TPSA) is 124 Å². The van der Waals surface area contributed by atoms with E-state index in [2.05, 4.69) is 20.5 Å². The molecule has 0 bridgehead atoms. The fraction of sp³-hybridized carbons (Fsp3) is 0.722. The molecule has 0 aromatic carbocycles. The maximum absolute atomic E-state index is 10.1. The molecule has 2 unspecified atom stereocenters. The van der Waals surface area contributed by atoms with Gasteiger partial charge in [-0.3, -0.25) is 4.57 Å². The summed E-state index contributed by atoms with van der Waals surface area (Å²) in [5.41, 5.74) is 1.39. The number of imidazole rings is 1. The normalized spacial score (nSPS) is 36.9. The van der Waals surface area contributed by atoms with Gasteiger partial charge < -0.3 is 29.7 Å². The Kier molecular flexibility index (Phi) is 4.29. The van der Waals surface area contributed by atoms with Gasteiger partial charge in [-0.05, 0) is 33.1 Å². The Morgan fingerprint density at radius 3 is 2.86 bits per heavy atom. The zero-order valence-corrected chi connectivity index (χ0v) is 15.9. The monoisotopic (exact) mass is 391 g/mol. The van der Waals surface area contributed by atoms with Crippen LogP contribution < -0.4 is 5.32 Å². The van der Waals surface area contributed by atoms with Crippen LogP contribution in [0, 0.1) is 0 Å². The largest absolute Gasteiger partial charge is 0.394 e. The van der Waals surface area contributed by atoms with Gasteiger partial charge in [0.25, 0.3) is 0 Å². The molecule has 5 rings (SSSR count). The van der Waals surface area contributed by atoms with Gasteiger partial charge in [-0.25, -0.2) is 4.98 Å². The molecule has 10 nitrogen and oxygen atoms in total. The van der Waals surface area contributed by atoms with E-state index in [1.165, 1.54) is 0 Å². The number of hydrogen-bond donors (Lipinski definition) is 3. The Morgan fingerprint density at radius 2 is 2.11 bits per heavy atom. The van der Waals surface area contributed by atoms with Crippen LogP contribution in [0.15, 0.2) is 12.5 Å².